The first-order valence-electron chi connectivity index (χ1n) is 6.66. The van der Waals surface area contributed by atoms with E-state index in [1.54, 1.807) is 23.5 Å². The fourth-order valence-corrected chi connectivity index (χ4v) is 3.17. The highest BCUT2D eigenvalue weighted by Gasteiger charge is 2.06. The number of benzene rings is 1. The second-order valence-electron chi connectivity index (χ2n) is 4.72. The highest BCUT2D eigenvalue weighted by Crippen LogP contribution is 2.21. The molecule has 0 unspecified atom stereocenters. The minimum absolute atomic E-state index is 0.0351. The summed E-state index contributed by atoms with van der Waals surface area (Å²) in [6.07, 6.45) is 1.84. The van der Waals surface area contributed by atoms with Crippen molar-refractivity contribution >= 4 is 40.4 Å². The number of carbonyl (C=O) groups is 1. The van der Waals surface area contributed by atoms with Gasteiger partial charge < -0.3 is 5.32 Å². The molecule has 0 fully saturated rings. The number of hydrogen-bond donors (Lipinski definition) is 1. The third kappa shape index (κ3) is 5.30. The number of halogens is 2. The average molecular weight is 343 g/mol. The highest BCUT2D eigenvalue weighted by atomic mass is 35.5. The molecule has 0 saturated carbocycles. The lowest BCUT2D eigenvalue weighted by molar-refractivity contribution is -0.121. The number of nitrogens with zero attached hydrogens (tertiary/aromatic N) is 1. The Hall–Kier alpha value is -1.10. The third-order valence-corrected chi connectivity index (χ3v) is 4.58. The molecule has 2 aromatic rings. The lowest BCUT2D eigenvalue weighted by Crippen LogP contribution is -2.25. The molecule has 1 aromatic heterocycles. The van der Waals surface area contributed by atoms with Crippen molar-refractivity contribution in [1.82, 2.24) is 10.3 Å². The molecule has 0 saturated heterocycles. The summed E-state index contributed by atoms with van der Waals surface area (Å²) < 4.78 is 0. The summed E-state index contributed by atoms with van der Waals surface area (Å²) in [5.74, 6) is 0.0351. The average Bonchev–Trinajstić information content (AvgIpc) is 2.85. The number of nitrogens with one attached hydrogen (secondary N) is 1. The quantitative estimate of drug-likeness (QED) is 0.860. The summed E-state index contributed by atoms with van der Waals surface area (Å²) in [5, 5.41) is 7.15. The molecule has 3 nitrogen and oxygen atoms in total. The molecule has 0 spiro atoms. The van der Waals surface area contributed by atoms with Crippen LogP contribution in [0.2, 0.25) is 10.0 Å². The number of aromatic nitrogens is 1. The smallest absolute Gasteiger partial charge is 0.220 e. The minimum Gasteiger partial charge on any atom is -0.356 e. The Morgan fingerprint density at radius 3 is 2.81 bits per heavy atom. The standard InChI is InChI=1S/C15H16Cl2N2OS/c1-10-9-21-15(19-10)5-4-14(20)18-7-6-11-2-3-12(16)8-13(11)17/h2-3,8-9H,4-7H2,1H3,(H,18,20). The Kier molecular flexibility index (Phi) is 6.03. The molecular formula is C15H16Cl2N2OS. The van der Waals surface area contributed by atoms with E-state index in [1.807, 2.05) is 18.4 Å². The van der Waals surface area contributed by atoms with Crippen LogP contribution >= 0.6 is 34.5 Å². The molecule has 0 atom stereocenters. The molecule has 0 aliphatic heterocycles. The van der Waals surface area contributed by atoms with Crippen LogP contribution in [-0.4, -0.2) is 17.4 Å². The van der Waals surface area contributed by atoms with Gasteiger partial charge in [-0.25, -0.2) is 4.98 Å². The molecule has 0 aliphatic rings. The van der Waals surface area contributed by atoms with Gasteiger partial charge in [-0.05, 0) is 31.0 Å². The maximum absolute atomic E-state index is 11.8. The number of aryl methyl sites for hydroxylation is 2. The topological polar surface area (TPSA) is 42.0 Å². The predicted molar refractivity (Wildman–Crippen MR) is 88.3 cm³/mol. The first kappa shape index (κ1) is 16.3. The number of carbonyl (C=O) groups excluding carboxylic acids is 1. The molecule has 6 heteroatoms. The van der Waals surface area contributed by atoms with E-state index < -0.39 is 0 Å². The van der Waals surface area contributed by atoms with E-state index in [9.17, 15) is 4.79 Å². The van der Waals surface area contributed by atoms with Crippen LogP contribution in [0.25, 0.3) is 0 Å². The Labute approximate surface area is 138 Å². The van der Waals surface area contributed by atoms with Crippen molar-refractivity contribution in [2.45, 2.75) is 26.2 Å². The molecule has 2 rings (SSSR count). The fraction of sp³-hybridized carbons (Fsp3) is 0.333. The zero-order valence-electron chi connectivity index (χ0n) is 11.7. The number of thiazole rings is 1. The molecule has 112 valence electrons. The number of rotatable bonds is 6. The van der Waals surface area contributed by atoms with E-state index in [4.69, 9.17) is 23.2 Å². The van der Waals surface area contributed by atoms with Gasteiger partial charge in [-0.1, -0.05) is 29.3 Å². The minimum atomic E-state index is 0.0351. The molecular weight excluding hydrogens is 327 g/mol. The zero-order valence-corrected chi connectivity index (χ0v) is 14.0. The monoisotopic (exact) mass is 342 g/mol. The maximum Gasteiger partial charge on any atom is 0.220 e. The Morgan fingerprint density at radius 2 is 2.14 bits per heavy atom. The molecule has 1 N–H and O–H groups in total. The number of amides is 1. The van der Waals surface area contributed by atoms with Gasteiger partial charge in [0.2, 0.25) is 5.91 Å². The van der Waals surface area contributed by atoms with Gasteiger partial charge in [0.25, 0.3) is 0 Å². The molecule has 1 heterocycles. The normalized spacial score (nSPS) is 10.6. The van der Waals surface area contributed by atoms with E-state index in [2.05, 4.69) is 10.3 Å². The highest BCUT2D eigenvalue weighted by molar-refractivity contribution is 7.09. The summed E-state index contributed by atoms with van der Waals surface area (Å²) in [7, 11) is 0. The zero-order chi connectivity index (χ0) is 15.2. The van der Waals surface area contributed by atoms with Gasteiger partial charge in [0, 0.05) is 40.5 Å². The van der Waals surface area contributed by atoms with Crippen LogP contribution in [0.3, 0.4) is 0 Å². The second kappa shape index (κ2) is 7.78. The number of hydrogen-bond acceptors (Lipinski definition) is 3. The van der Waals surface area contributed by atoms with E-state index in [1.165, 1.54) is 0 Å². The van der Waals surface area contributed by atoms with Crippen LogP contribution < -0.4 is 5.32 Å². The van der Waals surface area contributed by atoms with Crippen molar-refractivity contribution in [3.8, 4) is 0 Å². The Balaban J connectivity index is 1.71. The van der Waals surface area contributed by atoms with Crippen LogP contribution in [0.5, 0.6) is 0 Å². The summed E-state index contributed by atoms with van der Waals surface area (Å²) >= 11 is 13.5. The van der Waals surface area contributed by atoms with Crippen LogP contribution in [0, 0.1) is 6.92 Å². The summed E-state index contributed by atoms with van der Waals surface area (Å²) in [4.78, 5) is 16.1. The van der Waals surface area contributed by atoms with Gasteiger partial charge in [-0.15, -0.1) is 11.3 Å². The van der Waals surface area contributed by atoms with Crippen molar-refractivity contribution in [1.29, 1.82) is 0 Å². The molecule has 21 heavy (non-hydrogen) atoms. The third-order valence-electron chi connectivity index (χ3n) is 2.96. The largest absolute Gasteiger partial charge is 0.356 e. The van der Waals surface area contributed by atoms with Gasteiger partial charge in [-0.3, -0.25) is 4.79 Å². The SMILES string of the molecule is Cc1csc(CCC(=O)NCCc2ccc(Cl)cc2Cl)n1. The molecule has 0 radical (unpaired) electrons. The van der Waals surface area contributed by atoms with Gasteiger partial charge in [0.1, 0.15) is 0 Å². The van der Waals surface area contributed by atoms with Crippen molar-refractivity contribution in [3.05, 3.63) is 49.9 Å². The van der Waals surface area contributed by atoms with E-state index >= 15 is 0 Å². The summed E-state index contributed by atoms with van der Waals surface area (Å²) in [6, 6.07) is 5.40. The molecule has 0 aliphatic carbocycles. The maximum atomic E-state index is 11.8. The van der Waals surface area contributed by atoms with Gasteiger partial charge in [0.05, 0.1) is 5.01 Å². The van der Waals surface area contributed by atoms with Gasteiger partial charge in [0.15, 0.2) is 0 Å². The van der Waals surface area contributed by atoms with Crippen molar-refractivity contribution < 1.29 is 4.79 Å². The van der Waals surface area contributed by atoms with Crippen LogP contribution in [0.15, 0.2) is 23.6 Å². The Bertz CT molecular complexity index is 628. The van der Waals surface area contributed by atoms with Crippen LogP contribution in [-0.2, 0) is 17.6 Å². The van der Waals surface area contributed by atoms with Crippen molar-refractivity contribution in [2.24, 2.45) is 0 Å². The van der Waals surface area contributed by atoms with E-state index in [-0.39, 0.29) is 5.91 Å². The fourth-order valence-electron chi connectivity index (χ4n) is 1.89. The van der Waals surface area contributed by atoms with Gasteiger partial charge in [-0.2, -0.15) is 0 Å². The Morgan fingerprint density at radius 1 is 1.33 bits per heavy atom. The van der Waals surface area contributed by atoms with E-state index in [0.29, 0.717) is 35.9 Å². The summed E-state index contributed by atoms with van der Waals surface area (Å²) in [6.45, 7) is 2.52. The lowest BCUT2D eigenvalue weighted by Gasteiger charge is -2.06. The van der Waals surface area contributed by atoms with E-state index in [0.717, 1.165) is 16.3 Å². The lowest BCUT2D eigenvalue weighted by atomic mass is 10.1. The van der Waals surface area contributed by atoms with Gasteiger partial charge >= 0.3 is 0 Å². The van der Waals surface area contributed by atoms with Crippen LogP contribution in [0.1, 0.15) is 22.7 Å². The first-order valence-corrected chi connectivity index (χ1v) is 8.30. The molecule has 1 amide bonds. The van der Waals surface area contributed by atoms with Crippen LogP contribution in [0.4, 0.5) is 0 Å². The molecule has 1 aromatic carbocycles. The van der Waals surface area contributed by atoms with Crippen molar-refractivity contribution in [2.75, 3.05) is 6.54 Å². The molecule has 0 bridgehead atoms. The van der Waals surface area contributed by atoms with Crippen molar-refractivity contribution in [3.63, 3.8) is 0 Å². The predicted octanol–water partition coefficient (Wildman–Crippen LogP) is 4.05. The second-order valence-corrected chi connectivity index (χ2v) is 6.50. The summed E-state index contributed by atoms with van der Waals surface area (Å²) in [5.41, 5.74) is 1.99. The first-order chi connectivity index (χ1) is 10.0.